The molecule has 1 saturated carbocycles. The van der Waals surface area contributed by atoms with Gasteiger partial charge < -0.3 is 15.2 Å². The fraction of sp³-hybridized carbons (Fsp3) is 0.429. The normalized spacial score (nSPS) is 15.1. The summed E-state index contributed by atoms with van der Waals surface area (Å²) < 4.78 is 18.6. The van der Waals surface area contributed by atoms with Gasteiger partial charge in [-0.15, -0.1) is 0 Å². The van der Waals surface area contributed by atoms with Crippen molar-refractivity contribution in [3.05, 3.63) is 29.6 Å². The van der Waals surface area contributed by atoms with Crippen LogP contribution in [-0.2, 0) is 4.79 Å². The smallest absolute Gasteiger partial charge is 0.339 e. The second-order valence-corrected chi connectivity index (χ2v) is 4.76. The molecule has 0 unspecified atom stereocenters. The van der Waals surface area contributed by atoms with Gasteiger partial charge in [0.1, 0.15) is 5.56 Å². The maximum absolute atomic E-state index is 13.5. The molecule has 6 heteroatoms. The van der Waals surface area contributed by atoms with Crippen LogP contribution in [0.15, 0.2) is 18.2 Å². The second kappa shape index (κ2) is 6.36. The Kier molecular flexibility index (Phi) is 4.55. The molecule has 0 atom stereocenters. The van der Waals surface area contributed by atoms with Crippen molar-refractivity contribution in [1.82, 2.24) is 5.32 Å². The number of carboxylic acid groups (broad SMARTS) is 1. The van der Waals surface area contributed by atoms with Crippen LogP contribution in [0.4, 0.5) is 4.39 Å². The number of hydrogen-bond donors (Lipinski definition) is 2. The first kappa shape index (κ1) is 14.3. The lowest BCUT2D eigenvalue weighted by atomic mass is 10.2. The monoisotopic (exact) mass is 281 g/mol. The third kappa shape index (κ3) is 3.46. The summed E-state index contributed by atoms with van der Waals surface area (Å²) >= 11 is 0. The molecule has 1 aliphatic rings. The van der Waals surface area contributed by atoms with Crippen LogP contribution >= 0.6 is 0 Å². The lowest BCUT2D eigenvalue weighted by molar-refractivity contribution is -0.123. The summed E-state index contributed by atoms with van der Waals surface area (Å²) in [7, 11) is 0. The minimum atomic E-state index is -1.30. The molecule has 0 aliphatic heterocycles. The molecule has 108 valence electrons. The van der Waals surface area contributed by atoms with E-state index < -0.39 is 24.1 Å². The Morgan fingerprint density at radius 1 is 1.35 bits per heavy atom. The predicted octanol–water partition coefficient (Wildman–Crippen LogP) is 1.96. The van der Waals surface area contributed by atoms with E-state index in [0.29, 0.717) is 0 Å². The molecule has 0 radical (unpaired) electrons. The number of para-hydroxylation sites is 1. The average Bonchev–Trinajstić information content (AvgIpc) is 2.89. The Morgan fingerprint density at radius 2 is 2.05 bits per heavy atom. The number of benzene rings is 1. The number of hydrogen-bond acceptors (Lipinski definition) is 3. The van der Waals surface area contributed by atoms with Crippen molar-refractivity contribution in [2.45, 2.75) is 31.7 Å². The fourth-order valence-electron chi connectivity index (χ4n) is 2.30. The molecule has 1 aromatic carbocycles. The summed E-state index contributed by atoms with van der Waals surface area (Å²) in [4.78, 5) is 22.6. The number of aromatic carboxylic acids is 1. The fourth-order valence-corrected chi connectivity index (χ4v) is 2.30. The van der Waals surface area contributed by atoms with Crippen molar-refractivity contribution in [3.8, 4) is 5.75 Å². The number of carboxylic acids is 1. The summed E-state index contributed by atoms with van der Waals surface area (Å²) in [5.41, 5.74) is -0.293. The van der Waals surface area contributed by atoms with Gasteiger partial charge in [-0.25, -0.2) is 9.18 Å². The quantitative estimate of drug-likeness (QED) is 0.865. The van der Waals surface area contributed by atoms with Crippen LogP contribution in [0.2, 0.25) is 0 Å². The van der Waals surface area contributed by atoms with E-state index in [4.69, 9.17) is 9.84 Å². The van der Waals surface area contributed by atoms with E-state index in [0.717, 1.165) is 31.7 Å². The first-order valence-electron chi connectivity index (χ1n) is 6.52. The predicted molar refractivity (Wildman–Crippen MR) is 69.3 cm³/mol. The highest BCUT2D eigenvalue weighted by atomic mass is 19.1. The van der Waals surface area contributed by atoms with E-state index in [1.165, 1.54) is 12.1 Å². The van der Waals surface area contributed by atoms with Crippen LogP contribution in [-0.4, -0.2) is 29.6 Å². The van der Waals surface area contributed by atoms with Gasteiger partial charge in [0.15, 0.2) is 18.2 Å². The number of amides is 1. The minimum absolute atomic E-state index is 0.144. The molecule has 20 heavy (non-hydrogen) atoms. The summed E-state index contributed by atoms with van der Waals surface area (Å²) in [6, 6.07) is 3.75. The maximum Gasteiger partial charge on any atom is 0.339 e. The molecule has 2 rings (SSSR count). The lowest BCUT2D eigenvalue weighted by Crippen LogP contribution is -2.36. The van der Waals surface area contributed by atoms with Gasteiger partial charge in [-0.1, -0.05) is 18.9 Å². The third-order valence-corrected chi connectivity index (χ3v) is 3.27. The summed E-state index contributed by atoms with van der Waals surface area (Å²) in [6.45, 7) is -0.391. The minimum Gasteiger partial charge on any atom is -0.480 e. The molecule has 0 spiro atoms. The van der Waals surface area contributed by atoms with Crippen molar-refractivity contribution in [1.29, 1.82) is 0 Å². The van der Waals surface area contributed by atoms with Gasteiger partial charge in [-0.3, -0.25) is 4.79 Å². The molecular weight excluding hydrogens is 265 g/mol. The van der Waals surface area contributed by atoms with Crippen LogP contribution < -0.4 is 10.1 Å². The molecule has 0 aromatic heterocycles. The molecule has 5 nitrogen and oxygen atoms in total. The SMILES string of the molecule is O=C(COc1c(F)cccc1C(=O)O)NC1CCCC1. The van der Waals surface area contributed by atoms with E-state index in [2.05, 4.69) is 5.32 Å². The van der Waals surface area contributed by atoms with Gasteiger partial charge >= 0.3 is 5.97 Å². The molecule has 2 N–H and O–H groups in total. The zero-order valence-corrected chi connectivity index (χ0v) is 10.9. The first-order chi connectivity index (χ1) is 9.58. The number of ether oxygens (including phenoxy) is 1. The largest absolute Gasteiger partial charge is 0.480 e. The van der Waals surface area contributed by atoms with E-state index in [-0.39, 0.29) is 17.5 Å². The highest BCUT2D eigenvalue weighted by Gasteiger charge is 2.19. The lowest BCUT2D eigenvalue weighted by Gasteiger charge is -2.13. The van der Waals surface area contributed by atoms with Crippen molar-refractivity contribution in [3.63, 3.8) is 0 Å². The number of carbonyl (C=O) groups excluding carboxylic acids is 1. The molecule has 1 aliphatic carbocycles. The van der Waals surface area contributed by atoms with Crippen LogP contribution in [0.1, 0.15) is 36.0 Å². The standard InChI is InChI=1S/C14H16FNO4/c15-11-7-3-6-10(14(18)19)13(11)20-8-12(17)16-9-4-1-2-5-9/h3,6-7,9H,1-2,4-5,8H2,(H,16,17)(H,18,19). The Labute approximate surface area is 115 Å². The van der Waals surface area contributed by atoms with Crippen LogP contribution in [0.3, 0.4) is 0 Å². The van der Waals surface area contributed by atoms with Crippen molar-refractivity contribution in [2.24, 2.45) is 0 Å². The van der Waals surface area contributed by atoms with Gasteiger partial charge in [0, 0.05) is 6.04 Å². The molecule has 0 saturated heterocycles. The number of nitrogens with one attached hydrogen (secondary N) is 1. The Morgan fingerprint density at radius 3 is 2.70 bits per heavy atom. The Bertz CT molecular complexity index is 512. The van der Waals surface area contributed by atoms with Crippen molar-refractivity contribution in [2.75, 3.05) is 6.61 Å². The molecule has 1 fully saturated rings. The topological polar surface area (TPSA) is 75.6 Å². The first-order valence-corrected chi connectivity index (χ1v) is 6.52. The van der Waals surface area contributed by atoms with Crippen molar-refractivity contribution < 1.29 is 23.8 Å². The maximum atomic E-state index is 13.5. The van der Waals surface area contributed by atoms with Crippen LogP contribution in [0.25, 0.3) is 0 Å². The van der Waals surface area contributed by atoms with Gasteiger partial charge in [-0.2, -0.15) is 0 Å². The molecule has 0 bridgehead atoms. The van der Waals surface area contributed by atoms with E-state index in [1.807, 2.05) is 0 Å². The highest BCUT2D eigenvalue weighted by Crippen LogP contribution is 2.22. The highest BCUT2D eigenvalue weighted by molar-refractivity contribution is 5.91. The van der Waals surface area contributed by atoms with E-state index in [1.54, 1.807) is 0 Å². The summed E-state index contributed by atoms with van der Waals surface area (Å²) in [6.07, 6.45) is 4.04. The van der Waals surface area contributed by atoms with Crippen molar-refractivity contribution >= 4 is 11.9 Å². The average molecular weight is 281 g/mol. The molecular formula is C14H16FNO4. The van der Waals surface area contributed by atoms with E-state index >= 15 is 0 Å². The Hall–Kier alpha value is -2.11. The zero-order valence-electron chi connectivity index (χ0n) is 10.9. The molecule has 1 aromatic rings. The van der Waals surface area contributed by atoms with Gasteiger partial charge in [-0.05, 0) is 25.0 Å². The summed E-state index contributed by atoms with van der Waals surface area (Å²) in [5.74, 6) is -2.85. The van der Waals surface area contributed by atoms with Gasteiger partial charge in [0.2, 0.25) is 0 Å². The van der Waals surface area contributed by atoms with Crippen LogP contribution in [0.5, 0.6) is 5.75 Å². The van der Waals surface area contributed by atoms with Gasteiger partial charge in [0.05, 0.1) is 0 Å². The van der Waals surface area contributed by atoms with E-state index in [9.17, 15) is 14.0 Å². The molecule has 0 heterocycles. The third-order valence-electron chi connectivity index (χ3n) is 3.27. The van der Waals surface area contributed by atoms with Gasteiger partial charge in [0.25, 0.3) is 5.91 Å². The zero-order chi connectivity index (χ0) is 14.5. The van der Waals surface area contributed by atoms with Crippen LogP contribution in [0, 0.1) is 5.82 Å². The number of halogens is 1. The number of carbonyl (C=O) groups is 2. The second-order valence-electron chi connectivity index (χ2n) is 4.76. The Balaban J connectivity index is 1.96. The molecule has 1 amide bonds. The summed E-state index contributed by atoms with van der Waals surface area (Å²) in [5, 5.41) is 11.7. The number of rotatable bonds is 5.